The van der Waals surface area contributed by atoms with Crippen molar-refractivity contribution in [2.75, 3.05) is 13.7 Å². The number of rotatable bonds is 10. The highest BCUT2D eigenvalue weighted by Crippen LogP contribution is 2.20. The van der Waals surface area contributed by atoms with Gasteiger partial charge in [-0.05, 0) is 36.3 Å². The zero-order valence-corrected chi connectivity index (χ0v) is 17.1. The maximum absolute atomic E-state index is 12.7. The lowest BCUT2D eigenvalue weighted by atomic mass is 9.88. The van der Waals surface area contributed by atoms with Gasteiger partial charge in [-0.15, -0.1) is 0 Å². The molecule has 2 aromatic rings. The quantitative estimate of drug-likeness (QED) is 0.667. The maximum Gasteiger partial charge on any atom is 0.191 e. The van der Waals surface area contributed by atoms with Gasteiger partial charge < -0.3 is 19.0 Å². The highest BCUT2D eigenvalue weighted by molar-refractivity contribution is 5.84. The zero-order valence-electron chi connectivity index (χ0n) is 17.1. The summed E-state index contributed by atoms with van der Waals surface area (Å²) in [5, 5.41) is 10.5. The number of hydrogen-bond acceptors (Lipinski definition) is 6. The molecule has 1 aromatic heterocycles. The number of methoxy groups -OCH3 is 1. The lowest BCUT2D eigenvalue weighted by Crippen LogP contribution is -2.32. The lowest BCUT2D eigenvalue weighted by molar-refractivity contribution is -0.130. The Hall–Kier alpha value is -2.44. The summed E-state index contributed by atoms with van der Waals surface area (Å²) in [6.45, 7) is 7.81. The Kier molecular flexibility index (Phi) is 7.96. The molecule has 6 nitrogen and oxygen atoms in total. The Labute approximate surface area is 166 Å². The van der Waals surface area contributed by atoms with Gasteiger partial charge in [0.25, 0.3) is 0 Å². The number of ketones is 1. The van der Waals surface area contributed by atoms with Gasteiger partial charge in [-0.2, -0.15) is 0 Å². The fourth-order valence-electron chi connectivity index (χ4n) is 2.92. The Balaban J connectivity index is 1.85. The topological polar surface area (TPSA) is 81.8 Å². The molecule has 3 atom stereocenters. The summed E-state index contributed by atoms with van der Waals surface area (Å²) in [6.07, 6.45) is 2.37. The smallest absolute Gasteiger partial charge is 0.191 e. The van der Waals surface area contributed by atoms with E-state index in [0.717, 1.165) is 11.3 Å². The average molecular weight is 387 g/mol. The molecule has 0 aliphatic carbocycles. The Morgan fingerprint density at radius 2 is 1.96 bits per heavy atom. The standard InChI is InChI=1S/C22H29NO5/c1-14(10-19-13-28-17(4)23-19)21(24)16(3)22(25)15(2)11-27-12-18-6-8-20(26-5)9-7-18/h6-10,13,15-16,21,24H,11-12H2,1-5H3/b14-10+/t15-,16-,21?/m0/s1. The van der Waals surface area contributed by atoms with Crippen LogP contribution in [-0.4, -0.2) is 35.7 Å². The molecule has 1 aromatic carbocycles. The average Bonchev–Trinajstić information content (AvgIpc) is 3.11. The van der Waals surface area contributed by atoms with Crippen molar-refractivity contribution in [3.05, 3.63) is 53.2 Å². The molecule has 0 saturated heterocycles. The number of aliphatic hydroxyl groups excluding tert-OH is 1. The monoisotopic (exact) mass is 387 g/mol. The van der Waals surface area contributed by atoms with E-state index >= 15 is 0 Å². The number of carbonyl (C=O) groups excluding carboxylic acids is 1. The van der Waals surface area contributed by atoms with Crippen molar-refractivity contribution in [1.82, 2.24) is 4.98 Å². The van der Waals surface area contributed by atoms with E-state index in [2.05, 4.69) is 4.98 Å². The van der Waals surface area contributed by atoms with Crippen LogP contribution in [0.5, 0.6) is 5.75 Å². The minimum atomic E-state index is -0.881. The highest BCUT2D eigenvalue weighted by Gasteiger charge is 2.27. The molecule has 0 aliphatic heterocycles. The lowest BCUT2D eigenvalue weighted by Gasteiger charge is -2.22. The van der Waals surface area contributed by atoms with Gasteiger partial charge in [-0.25, -0.2) is 4.98 Å². The van der Waals surface area contributed by atoms with Crippen molar-refractivity contribution in [3.8, 4) is 5.75 Å². The molecule has 0 amide bonds. The molecule has 0 spiro atoms. The molecule has 0 radical (unpaired) electrons. The molecule has 6 heteroatoms. The number of aryl methyl sites for hydroxylation is 1. The molecule has 0 fully saturated rings. The second-order valence-electron chi connectivity index (χ2n) is 7.08. The van der Waals surface area contributed by atoms with Gasteiger partial charge in [0.2, 0.25) is 0 Å². The molecule has 2 rings (SSSR count). The van der Waals surface area contributed by atoms with Gasteiger partial charge in [0.05, 0.1) is 26.4 Å². The van der Waals surface area contributed by atoms with Gasteiger partial charge in [0, 0.05) is 18.8 Å². The predicted octanol–water partition coefficient (Wildman–Crippen LogP) is 3.81. The summed E-state index contributed by atoms with van der Waals surface area (Å²) in [5.74, 6) is 0.458. The third kappa shape index (κ3) is 6.04. The number of aliphatic hydroxyl groups is 1. The van der Waals surface area contributed by atoms with E-state index in [1.54, 1.807) is 34.0 Å². The predicted molar refractivity (Wildman–Crippen MR) is 107 cm³/mol. The van der Waals surface area contributed by atoms with Crippen LogP contribution in [0.3, 0.4) is 0 Å². The number of oxazole rings is 1. The molecule has 1 unspecified atom stereocenters. The van der Waals surface area contributed by atoms with Crippen molar-refractivity contribution in [3.63, 3.8) is 0 Å². The van der Waals surface area contributed by atoms with Crippen LogP contribution in [0.15, 0.2) is 40.5 Å². The number of ether oxygens (including phenoxy) is 2. The fraction of sp³-hybridized carbons (Fsp3) is 0.455. The second-order valence-corrected chi connectivity index (χ2v) is 7.08. The first-order valence-electron chi connectivity index (χ1n) is 9.34. The summed E-state index contributed by atoms with van der Waals surface area (Å²) in [7, 11) is 1.62. The summed E-state index contributed by atoms with van der Waals surface area (Å²) < 4.78 is 16.0. The van der Waals surface area contributed by atoms with Crippen LogP contribution >= 0.6 is 0 Å². The molecule has 1 heterocycles. The molecule has 28 heavy (non-hydrogen) atoms. The van der Waals surface area contributed by atoms with E-state index in [1.807, 2.05) is 31.2 Å². The summed E-state index contributed by atoms with van der Waals surface area (Å²) in [6, 6.07) is 7.60. The van der Waals surface area contributed by atoms with Gasteiger partial charge in [-0.1, -0.05) is 26.0 Å². The fourth-order valence-corrected chi connectivity index (χ4v) is 2.92. The first kappa shape index (κ1) is 21.9. The Morgan fingerprint density at radius 3 is 2.54 bits per heavy atom. The van der Waals surface area contributed by atoms with Crippen LogP contribution in [0.1, 0.15) is 37.9 Å². The zero-order chi connectivity index (χ0) is 20.7. The van der Waals surface area contributed by atoms with Crippen LogP contribution in [0.25, 0.3) is 6.08 Å². The molecular formula is C22H29NO5. The van der Waals surface area contributed by atoms with Gasteiger partial charge in [0.15, 0.2) is 5.89 Å². The summed E-state index contributed by atoms with van der Waals surface area (Å²) >= 11 is 0. The van der Waals surface area contributed by atoms with Crippen LogP contribution in [0, 0.1) is 18.8 Å². The van der Waals surface area contributed by atoms with E-state index in [4.69, 9.17) is 13.9 Å². The van der Waals surface area contributed by atoms with Crippen LogP contribution in [-0.2, 0) is 16.1 Å². The summed E-state index contributed by atoms with van der Waals surface area (Å²) in [4.78, 5) is 16.8. The van der Waals surface area contributed by atoms with E-state index in [-0.39, 0.29) is 11.7 Å². The largest absolute Gasteiger partial charge is 0.497 e. The van der Waals surface area contributed by atoms with Gasteiger partial charge in [-0.3, -0.25) is 4.79 Å². The van der Waals surface area contributed by atoms with E-state index in [9.17, 15) is 9.90 Å². The van der Waals surface area contributed by atoms with Crippen LogP contribution < -0.4 is 4.74 Å². The second kappa shape index (κ2) is 10.2. The number of carbonyl (C=O) groups is 1. The van der Waals surface area contributed by atoms with E-state index in [1.165, 1.54) is 6.26 Å². The number of Topliss-reactive ketones (excluding diaryl/α,β-unsaturated/α-hetero) is 1. The third-order valence-corrected chi connectivity index (χ3v) is 4.68. The van der Waals surface area contributed by atoms with Crippen molar-refractivity contribution in [1.29, 1.82) is 0 Å². The highest BCUT2D eigenvalue weighted by atomic mass is 16.5. The van der Waals surface area contributed by atoms with Gasteiger partial charge in [0.1, 0.15) is 23.5 Å². The number of nitrogens with zero attached hydrogens (tertiary/aromatic N) is 1. The first-order chi connectivity index (χ1) is 13.3. The molecule has 0 bridgehead atoms. The Bertz CT molecular complexity index is 794. The van der Waals surface area contributed by atoms with Crippen molar-refractivity contribution in [2.45, 2.75) is 40.4 Å². The summed E-state index contributed by atoms with van der Waals surface area (Å²) in [5.41, 5.74) is 2.31. The number of benzene rings is 1. The third-order valence-electron chi connectivity index (χ3n) is 4.68. The van der Waals surface area contributed by atoms with E-state index in [0.29, 0.717) is 30.4 Å². The minimum absolute atomic E-state index is 0.0358. The normalized spacial score (nSPS) is 15.1. The van der Waals surface area contributed by atoms with Crippen molar-refractivity contribution in [2.24, 2.45) is 11.8 Å². The maximum atomic E-state index is 12.7. The molecular weight excluding hydrogens is 358 g/mol. The number of aromatic nitrogens is 1. The molecule has 0 aliphatic rings. The van der Waals surface area contributed by atoms with Crippen LogP contribution in [0.4, 0.5) is 0 Å². The Morgan fingerprint density at radius 1 is 1.29 bits per heavy atom. The number of hydrogen-bond donors (Lipinski definition) is 1. The van der Waals surface area contributed by atoms with E-state index < -0.39 is 12.0 Å². The van der Waals surface area contributed by atoms with Crippen LogP contribution in [0.2, 0.25) is 0 Å². The first-order valence-corrected chi connectivity index (χ1v) is 9.34. The van der Waals surface area contributed by atoms with Crippen molar-refractivity contribution < 1.29 is 23.8 Å². The SMILES string of the molecule is COc1ccc(COC[C@H](C)C(=O)[C@@H](C)C(O)/C(C)=C/c2coc(C)n2)cc1. The molecule has 152 valence electrons. The molecule has 0 saturated carbocycles. The van der Waals surface area contributed by atoms with Crippen molar-refractivity contribution >= 4 is 11.9 Å². The van der Waals surface area contributed by atoms with Gasteiger partial charge >= 0.3 is 0 Å². The minimum Gasteiger partial charge on any atom is -0.497 e. The molecule has 1 N–H and O–H groups in total.